The Bertz CT molecular complexity index is 554. The van der Waals surface area contributed by atoms with Crippen LogP contribution >= 0.6 is 11.6 Å². The summed E-state index contributed by atoms with van der Waals surface area (Å²) in [5.41, 5.74) is 8.22. The maximum atomic E-state index is 6.20. The van der Waals surface area contributed by atoms with E-state index in [1.54, 1.807) is 0 Å². The van der Waals surface area contributed by atoms with E-state index >= 15 is 0 Å². The Morgan fingerprint density at radius 3 is 2.52 bits per heavy atom. The van der Waals surface area contributed by atoms with Crippen LogP contribution in [-0.2, 0) is 6.42 Å². The Morgan fingerprint density at radius 1 is 1.10 bits per heavy atom. The van der Waals surface area contributed by atoms with Crippen molar-refractivity contribution >= 4 is 11.6 Å². The molecular formula is C18H22ClNO. The summed E-state index contributed by atoms with van der Waals surface area (Å²) in [5.74, 6) is 0.737. The van der Waals surface area contributed by atoms with Gasteiger partial charge in [-0.05, 0) is 49.4 Å². The van der Waals surface area contributed by atoms with Crippen LogP contribution < -0.4 is 10.5 Å². The van der Waals surface area contributed by atoms with Gasteiger partial charge in [0, 0.05) is 6.04 Å². The second-order valence-electron chi connectivity index (χ2n) is 5.27. The molecule has 2 rings (SSSR count). The molecule has 0 aliphatic carbocycles. The Morgan fingerprint density at radius 2 is 1.86 bits per heavy atom. The van der Waals surface area contributed by atoms with Crippen LogP contribution in [0.4, 0.5) is 0 Å². The molecule has 0 heterocycles. The summed E-state index contributed by atoms with van der Waals surface area (Å²) in [5, 5.41) is 0.632. The van der Waals surface area contributed by atoms with Gasteiger partial charge in [-0.25, -0.2) is 0 Å². The molecule has 0 bridgehead atoms. The van der Waals surface area contributed by atoms with Crippen LogP contribution in [0.2, 0.25) is 5.02 Å². The molecule has 112 valence electrons. The molecule has 0 amide bonds. The summed E-state index contributed by atoms with van der Waals surface area (Å²) in [4.78, 5) is 0. The van der Waals surface area contributed by atoms with Gasteiger partial charge in [-0.15, -0.1) is 0 Å². The zero-order chi connectivity index (χ0) is 15.1. The monoisotopic (exact) mass is 303 g/mol. The molecule has 0 aliphatic heterocycles. The first kappa shape index (κ1) is 15.9. The van der Waals surface area contributed by atoms with Crippen LogP contribution in [0.1, 0.15) is 36.9 Å². The summed E-state index contributed by atoms with van der Waals surface area (Å²) < 4.78 is 5.74. The minimum absolute atomic E-state index is 0.0116. The molecular weight excluding hydrogens is 282 g/mol. The SMILES string of the molecule is C[C@@H](N)c1ccc(OCCCCc2ccccc2)c(Cl)c1. The smallest absolute Gasteiger partial charge is 0.137 e. The third-order valence-electron chi connectivity index (χ3n) is 3.44. The van der Waals surface area contributed by atoms with E-state index in [4.69, 9.17) is 22.1 Å². The first-order valence-corrected chi connectivity index (χ1v) is 7.76. The van der Waals surface area contributed by atoms with Crippen molar-refractivity contribution in [2.45, 2.75) is 32.2 Å². The Balaban J connectivity index is 1.74. The maximum absolute atomic E-state index is 6.20. The van der Waals surface area contributed by atoms with Gasteiger partial charge in [0.15, 0.2) is 0 Å². The van der Waals surface area contributed by atoms with Crippen molar-refractivity contribution in [2.75, 3.05) is 6.61 Å². The standard InChI is InChI=1S/C18H22ClNO/c1-14(20)16-10-11-18(17(19)13-16)21-12-6-5-9-15-7-3-2-4-8-15/h2-4,7-8,10-11,13-14H,5-6,9,12,20H2,1H3/t14-/m1/s1. The lowest BCUT2D eigenvalue weighted by Gasteiger charge is -2.11. The lowest BCUT2D eigenvalue weighted by Crippen LogP contribution is -2.05. The van der Waals surface area contributed by atoms with Crippen molar-refractivity contribution in [1.29, 1.82) is 0 Å². The van der Waals surface area contributed by atoms with Gasteiger partial charge in [0.25, 0.3) is 0 Å². The van der Waals surface area contributed by atoms with E-state index in [0.717, 1.165) is 30.6 Å². The van der Waals surface area contributed by atoms with E-state index in [1.807, 2.05) is 31.2 Å². The molecule has 2 aromatic carbocycles. The van der Waals surface area contributed by atoms with Gasteiger partial charge in [0.1, 0.15) is 5.75 Å². The first-order valence-electron chi connectivity index (χ1n) is 7.38. The van der Waals surface area contributed by atoms with Crippen molar-refractivity contribution in [2.24, 2.45) is 5.73 Å². The topological polar surface area (TPSA) is 35.2 Å². The summed E-state index contributed by atoms with van der Waals surface area (Å²) in [6.45, 7) is 2.62. The maximum Gasteiger partial charge on any atom is 0.137 e. The van der Waals surface area contributed by atoms with Gasteiger partial charge in [-0.3, -0.25) is 0 Å². The fourth-order valence-corrected chi connectivity index (χ4v) is 2.42. The third-order valence-corrected chi connectivity index (χ3v) is 3.74. The van der Waals surface area contributed by atoms with Crippen LogP contribution in [0.25, 0.3) is 0 Å². The average Bonchev–Trinajstić information content (AvgIpc) is 2.49. The zero-order valence-corrected chi connectivity index (χ0v) is 13.1. The fraction of sp³-hybridized carbons (Fsp3) is 0.333. The lowest BCUT2D eigenvalue weighted by molar-refractivity contribution is 0.307. The number of benzene rings is 2. The zero-order valence-electron chi connectivity index (χ0n) is 12.4. The second kappa shape index (κ2) is 8.06. The highest BCUT2D eigenvalue weighted by atomic mass is 35.5. The second-order valence-corrected chi connectivity index (χ2v) is 5.68. The molecule has 2 N–H and O–H groups in total. The lowest BCUT2D eigenvalue weighted by atomic mass is 10.1. The minimum atomic E-state index is -0.0116. The molecule has 0 saturated carbocycles. The van der Waals surface area contributed by atoms with E-state index in [2.05, 4.69) is 24.3 Å². The summed E-state index contributed by atoms with van der Waals surface area (Å²) in [6, 6.07) is 16.2. The highest BCUT2D eigenvalue weighted by molar-refractivity contribution is 6.32. The summed E-state index contributed by atoms with van der Waals surface area (Å²) in [6.07, 6.45) is 3.21. The predicted molar refractivity (Wildman–Crippen MR) is 88.9 cm³/mol. The number of halogens is 1. The first-order chi connectivity index (χ1) is 10.2. The van der Waals surface area contributed by atoms with Gasteiger partial charge < -0.3 is 10.5 Å². The molecule has 0 aliphatic rings. The van der Waals surface area contributed by atoms with E-state index in [9.17, 15) is 0 Å². The average molecular weight is 304 g/mol. The molecule has 2 nitrogen and oxygen atoms in total. The number of unbranched alkanes of at least 4 members (excludes halogenated alkanes) is 1. The molecule has 2 aromatic rings. The molecule has 0 aromatic heterocycles. The van der Waals surface area contributed by atoms with Crippen molar-refractivity contribution in [3.05, 3.63) is 64.7 Å². The number of nitrogens with two attached hydrogens (primary N) is 1. The van der Waals surface area contributed by atoms with Crippen molar-refractivity contribution in [3.8, 4) is 5.75 Å². The van der Waals surface area contributed by atoms with E-state index in [1.165, 1.54) is 5.56 Å². The van der Waals surface area contributed by atoms with Gasteiger partial charge in [-0.2, -0.15) is 0 Å². The molecule has 0 saturated heterocycles. The summed E-state index contributed by atoms with van der Waals surface area (Å²) in [7, 11) is 0. The fourth-order valence-electron chi connectivity index (χ4n) is 2.18. The van der Waals surface area contributed by atoms with Crippen LogP contribution in [-0.4, -0.2) is 6.61 Å². The Hall–Kier alpha value is -1.51. The normalized spacial score (nSPS) is 12.1. The van der Waals surface area contributed by atoms with Gasteiger partial charge in [0.05, 0.1) is 11.6 Å². The molecule has 1 atom stereocenters. The molecule has 21 heavy (non-hydrogen) atoms. The molecule has 0 fully saturated rings. The van der Waals surface area contributed by atoms with Crippen LogP contribution in [0, 0.1) is 0 Å². The van der Waals surface area contributed by atoms with Gasteiger partial charge in [-0.1, -0.05) is 48.0 Å². The molecule has 0 spiro atoms. The highest BCUT2D eigenvalue weighted by Crippen LogP contribution is 2.27. The third kappa shape index (κ3) is 5.07. The van der Waals surface area contributed by atoms with Crippen LogP contribution in [0.15, 0.2) is 48.5 Å². The van der Waals surface area contributed by atoms with Crippen molar-refractivity contribution in [1.82, 2.24) is 0 Å². The van der Waals surface area contributed by atoms with E-state index in [0.29, 0.717) is 11.6 Å². The highest BCUT2D eigenvalue weighted by Gasteiger charge is 2.05. The number of hydrogen-bond donors (Lipinski definition) is 1. The van der Waals surface area contributed by atoms with Crippen LogP contribution in [0.3, 0.4) is 0 Å². The number of aryl methyl sites for hydroxylation is 1. The van der Waals surface area contributed by atoms with Crippen LogP contribution in [0.5, 0.6) is 5.75 Å². The number of rotatable bonds is 7. The van der Waals surface area contributed by atoms with Gasteiger partial charge in [0.2, 0.25) is 0 Å². The number of ether oxygens (including phenoxy) is 1. The minimum Gasteiger partial charge on any atom is -0.492 e. The van der Waals surface area contributed by atoms with Gasteiger partial charge >= 0.3 is 0 Å². The van der Waals surface area contributed by atoms with Crippen molar-refractivity contribution in [3.63, 3.8) is 0 Å². The predicted octanol–water partition coefficient (Wildman–Crippen LogP) is 4.76. The molecule has 0 radical (unpaired) electrons. The molecule has 0 unspecified atom stereocenters. The number of hydrogen-bond acceptors (Lipinski definition) is 2. The van der Waals surface area contributed by atoms with E-state index in [-0.39, 0.29) is 6.04 Å². The largest absolute Gasteiger partial charge is 0.492 e. The summed E-state index contributed by atoms with van der Waals surface area (Å²) >= 11 is 6.20. The van der Waals surface area contributed by atoms with Crippen molar-refractivity contribution < 1.29 is 4.74 Å². The Kier molecular flexibility index (Phi) is 6.09. The van der Waals surface area contributed by atoms with E-state index < -0.39 is 0 Å². The molecule has 3 heteroatoms. The Labute approximate surface area is 131 Å². The quantitative estimate of drug-likeness (QED) is 0.748.